The van der Waals surface area contributed by atoms with Crippen LogP contribution in [0.2, 0.25) is 0 Å². The summed E-state index contributed by atoms with van der Waals surface area (Å²) < 4.78 is 8.49. The third kappa shape index (κ3) is 3.45. The fraction of sp³-hybridized carbons (Fsp3) is 0.462. The van der Waals surface area contributed by atoms with Crippen molar-refractivity contribution in [3.8, 4) is 0 Å². The van der Waals surface area contributed by atoms with Crippen LogP contribution in [0.15, 0.2) is 24.7 Å². The van der Waals surface area contributed by atoms with Crippen LogP contribution in [0.1, 0.15) is 25.6 Å². The zero-order valence-corrected chi connectivity index (χ0v) is 11.9. The molecule has 0 aliphatic rings. The number of anilines is 1. The van der Waals surface area contributed by atoms with Gasteiger partial charge in [0, 0.05) is 12.8 Å². The molecule has 1 N–H and O–H groups in total. The molecule has 7 heteroatoms. The van der Waals surface area contributed by atoms with E-state index in [1.807, 2.05) is 19.9 Å². The van der Waals surface area contributed by atoms with Crippen molar-refractivity contribution >= 4 is 11.6 Å². The number of ether oxygens (including phenoxy) is 1. The molecule has 0 aliphatic heterocycles. The number of rotatable bonds is 6. The zero-order valence-electron chi connectivity index (χ0n) is 11.9. The smallest absolute Gasteiger partial charge is 0.249 e. The quantitative estimate of drug-likeness (QED) is 0.870. The first-order chi connectivity index (χ1) is 9.60. The van der Waals surface area contributed by atoms with Crippen molar-refractivity contribution in [2.75, 3.05) is 11.9 Å². The molecule has 0 fully saturated rings. The van der Waals surface area contributed by atoms with Gasteiger partial charge in [0.1, 0.15) is 12.8 Å². The maximum absolute atomic E-state index is 12.1. The first-order valence-electron chi connectivity index (χ1n) is 6.53. The average molecular weight is 277 g/mol. The van der Waals surface area contributed by atoms with Crippen LogP contribution in [0.4, 0.5) is 5.69 Å². The lowest BCUT2D eigenvalue weighted by Gasteiger charge is -2.11. The second-order valence-electron chi connectivity index (χ2n) is 4.49. The summed E-state index contributed by atoms with van der Waals surface area (Å²) in [5, 5.41) is 11.1. The van der Waals surface area contributed by atoms with Crippen molar-refractivity contribution in [3.05, 3.63) is 30.4 Å². The molecule has 0 spiro atoms. The van der Waals surface area contributed by atoms with E-state index < -0.39 is 0 Å². The molecule has 0 aliphatic carbocycles. The minimum atomic E-state index is -0.376. The lowest BCUT2D eigenvalue weighted by Crippen LogP contribution is -2.23. The van der Waals surface area contributed by atoms with E-state index in [-0.39, 0.29) is 11.9 Å². The van der Waals surface area contributed by atoms with Crippen LogP contribution < -0.4 is 5.32 Å². The molecule has 0 saturated carbocycles. The van der Waals surface area contributed by atoms with Gasteiger partial charge in [0.25, 0.3) is 0 Å². The highest BCUT2D eigenvalue weighted by molar-refractivity contribution is 5.93. The third-order valence-electron chi connectivity index (χ3n) is 2.85. The minimum Gasteiger partial charge on any atom is -0.360 e. The standard InChI is InChI=1S/C13H19N5O2/c1-4-20-9-17-8-12(7-14-17)15-13(19)11(3)18-6-5-10(2)16-18/h5-8,11H,4,9H2,1-3H3,(H,15,19). The first kappa shape index (κ1) is 14.3. The SMILES string of the molecule is CCOCn1cc(NC(=O)C(C)n2ccc(C)n2)cn1. The summed E-state index contributed by atoms with van der Waals surface area (Å²) in [6.07, 6.45) is 5.12. The maximum atomic E-state index is 12.1. The van der Waals surface area contributed by atoms with Gasteiger partial charge in [-0.1, -0.05) is 0 Å². The molecule has 2 aromatic heterocycles. The van der Waals surface area contributed by atoms with Crippen LogP contribution in [0.3, 0.4) is 0 Å². The van der Waals surface area contributed by atoms with E-state index in [9.17, 15) is 4.79 Å². The first-order valence-corrected chi connectivity index (χ1v) is 6.53. The Hall–Kier alpha value is -2.15. The maximum Gasteiger partial charge on any atom is 0.249 e. The number of nitrogens with one attached hydrogen (secondary N) is 1. The highest BCUT2D eigenvalue weighted by Gasteiger charge is 2.16. The van der Waals surface area contributed by atoms with E-state index in [0.717, 1.165) is 5.69 Å². The molecule has 0 aromatic carbocycles. The topological polar surface area (TPSA) is 74.0 Å². The summed E-state index contributed by atoms with van der Waals surface area (Å²) >= 11 is 0. The van der Waals surface area contributed by atoms with Crippen molar-refractivity contribution in [3.63, 3.8) is 0 Å². The van der Waals surface area contributed by atoms with Gasteiger partial charge in [-0.3, -0.25) is 9.48 Å². The normalized spacial score (nSPS) is 12.3. The number of hydrogen-bond donors (Lipinski definition) is 1. The molecule has 0 bridgehead atoms. The van der Waals surface area contributed by atoms with Crippen molar-refractivity contribution in [2.45, 2.75) is 33.5 Å². The summed E-state index contributed by atoms with van der Waals surface area (Å²) in [6.45, 7) is 6.60. The molecule has 2 rings (SSSR count). The molecule has 1 unspecified atom stereocenters. The lowest BCUT2D eigenvalue weighted by atomic mass is 10.3. The molecule has 7 nitrogen and oxygen atoms in total. The predicted octanol–water partition coefficient (Wildman–Crippen LogP) is 1.58. The summed E-state index contributed by atoms with van der Waals surface area (Å²) in [5.74, 6) is -0.135. The van der Waals surface area contributed by atoms with Gasteiger partial charge in [-0.05, 0) is 26.8 Å². The van der Waals surface area contributed by atoms with Gasteiger partial charge in [0.2, 0.25) is 5.91 Å². The molecule has 108 valence electrons. The highest BCUT2D eigenvalue weighted by atomic mass is 16.5. The van der Waals surface area contributed by atoms with Gasteiger partial charge < -0.3 is 10.1 Å². The second-order valence-corrected chi connectivity index (χ2v) is 4.49. The van der Waals surface area contributed by atoms with Crippen LogP contribution >= 0.6 is 0 Å². The van der Waals surface area contributed by atoms with Crippen LogP contribution in [0, 0.1) is 6.92 Å². The number of hydrogen-bond acceptors (Lipinski definition) is 4. The van der Waals surface area contributed by atoms with Crippen LogP contribution in [0.25, 0.3) is 0 Å². The number of aryl methyl sites for hydroxylation is 1. The van der Waals surface area contributed by atoms with E-state index in [2.05, 4.69) is 15.5 Å². The molecule has 20 heavy (non-hydrogen) atoms. The van der Waals surface area contributed by atoms with E-state index in [1.54, 1.807) is 34.9 Å². The molecular weight excluding hydrogens is 258 g/mol. The Morgan fingerprint density at radius 3 is 3.00 bits per heavy atom. The van der Waals surface area contributed by atoms with Crippen molar-refractivity contribution in [1.29, 1.82) is 0 Å². The monoisotopic (exact) mass is 277 g/mol. The van der Waals surface area contributed by atoms with Gasteiger partial charge in [0.05, 0.1) is 23.8 Å². The number of nitrogens with zero attached hydrogens (tertiary/aromatic N) is 4. The number of amides is 1. The zero-order chi connectivity index (χ0) is 14.5. The van der Waals surface area contributed by atoms with E-state index >= 15 is 0 Å². The number of aromatic nitrogens is 4. The Labute approximate surface area is 117 Å². The fourth-order valence-corrected chi connectivity index (χ4v) is 1.70. The second kappa shape index (κ2) is 6.33. The highest BCUT2D eigenvalue weighted by Crippen LogP contribution is 2.11. The van der Waals surface area contributed by atoms with Crippen molar-refractivity contribution < 1.29 is 9.53 Å². The molecule has 0 saturated heterocycles. The summed E-state index contributed by atoms with van der Waals surface area (Å²) in [7, 11) is 0. The Balaban J connectivity index is 1.95. The van der Waals surface area contributed by atoms with Crippen LogP contribution in [-0.2, 0) is 16.3 Å². The van der Waals surface area contributed by atoms with Crippen molar-refractivity contribution in [2.24, 2.45) is 0 Å². The largest absolute Gasteiger partial charge is 0.360 e. The lowest BCUT2D eigenvalue weighted by molar-refractivity contribution is -0.119. The Morgan fingerprint density at radius 1 is 1.55 bits per heavy atom. The summed E-state index contributed by atoms with van der Waals surface area (Å²) in [6, 6.07) is 1.49. The molecule has 1 atom stereocenters. The van der Waals surface area contributed by atoms with E-state index in [4.69, 9.17) is 4.74 Å². The summed E-state index contributed by atoms with van der Waals surface area (Å²) in [4.78, 5) is 12.1. The van der Waals surface area contributed by atoms with Crippen LogP contribution in [0.5, 0.6) is 0 Å². The van der Waals surface area contributed by atoms with E-state index in [1.165, 1.54) is 0 Å². The molecule has 2 aromatic rings. The Kier molecular flexibility index (Phi) is 4.52. The average Bonchev–Trinajstić information content (AvgIpc) is 3.04. The van der Waals surface area contributed by atoms with E-state index in [0.29, 0.717) is 19.0 Å². The third-order valence-corrected chi connectivity index (χ3v) is 2.85. The van der Waals surface area contributed by atoms with Gasteiger partial charge in [-0.15, -0.1) is 0 Å². The number of carbonyl (C=O) groups is 1. The van der Waals surface area contributed by atoms with Crippen molar-refractivity contribution in [1.82, 2.24) is 19.6 Å². The predicted molar refractivity (Wildman–Crippen MR) is 74.2 cm³/mol. The van der Waals surface area contributed by atoms with Gasteiger partial charge in [0.15, 0.2) is 0 Å². The molecule has 0 radical (unpaired) electrons. The van der Waals surface area contributed by atoms with Gasteiger partial charge >= 0.3 is 0 Å². The molecule has 1 amide bonds. The fourth-order valence-electron chi connectivity index (χ4n) is 1.70. The van der Waals surface area contributed by atoms with Crippen LogP contribution in [-0.4, -0.2) is 32.1 Å². The Morgan fingerprint density at radius 2 is 2.35 bits per heavy atom. The van der Waals surface area contributed by atoms with Gasteiger partial charge in [-0.25, -0.2) is 4.68 Å². The molecular formula is C13H19N5O2. The van der Waals surface area contributed by atoms with Gasteiger partial charge in [-0.2, -0.15) is 10.2 Å². The minimum absolute atomic E-state index is 0.135. The number of carbonyl (C=O) groups excluding carboxylic acids is 1. The molecule has 2 heterocycles. The summed E-state index contributed by atoms with van der Waals surface area (Å²) in [5.41, 5.74) is 1.53. The Bertz CT molecular complexity index is 575.